The van der Waals surface area contributed by atoms with Crippen LogP contribution >= 0.6 is 0 Å². The number of ether oxygens (including phenoxy) is 1. The van der Waals surface area contributed by atoms with Crippen LogP contribution in [0.25, 0.3) is 0 Å². The van der Waals surface area contributed by atoms with Crippen molar-refractivity contribution in [2.24, 2.45) is 0 Å². The SMILES string of the molecule is CC(NC(=O)C(c1ccccc1)N1CCS(=O)(=O)CC1)c1ccc2c(c1)NC(=O)CO2. The highest BCUT2D eigenvalue weighted by Gasteiger charge is 2.33. The Bertz CT molecular complexity index is 1070. The van der Waals surface area contributed by atoms with Gasteiger partial charge in [-0.3, -0.25) is 14.5 Å². The quantitative estimate of drug-likeness (QED) is 0.728. The molecule has 0 aromatic heterocycles. The molecule has 1 fully saturated rings. The van der Waals surface area contributed by atoms with E-state index in [1.54, 1.807) is 12.1 Å². The molecule has 164 valence electrons. The zero-order chi connectivity index (χ0) is 22.0. The Labute approximate surface area is 181 Å². The molecule has 0 bridgehead atoms. The van der Waals surface area contributed by atoms with Gasteiger partial charge in [0.1, 0.15) is 11.8 Å². The maximum absolute atomic E-state index is 13.3. The molecular weight excluding hydrogens is 418 g/mol. The summed E-state index contributed by atoms with van der Waals surface area (Å²) < 4.78 is 29.1. The fraction of sp³-hybridized carbons (Fsp3) is 0.364. The zero-order valence-electron chi connectivity index (χ0n) is 17.2. The number of rotatable bonds is 5. The number of carbonyl (C=O) groups is 2. The minimum absolute atomic E-state index is 0.0110. The van der Waals surface area contributed by atoms with Crippen molar-refractivity contribution in [3.8, 4) is 5.75 Å². The average Bonchev–Trinajstić information content (AvgIpc) is 2.75. The second kappa shape index (κ2) is 8.68. The van der Waals surface area contributed by atoms with E-state index in [0.717, 1.165) is 11.1 Å². The maximum Gasteiger partial charge on any atom is 0.262 e. The molecule has 31 heavy (non-hydrogen) atoms. The van der Waals surface area contributed by atoms with Crippen molar-refractivity contribution in [3.05, 3.63) is 59.7 Å². The average molecular weight is 444 g/mol. The highest BCUT2D eigenvalue weighted by molar-refractivity contribution is 7.91. The molecule has 2 heterocycles. The van der Waals surface area contributed by atoms with E-state index in [4.69, 9.17) is 4.74 Å². The fourth-order valence-corrected chi connectivity index (χ4v) is 5.12. The molecule has 0 spiro atoms. The van der Waals surface area contributed by atoms with Crippen LogP contribution in [0.3, 0.4) is 0 Å². The first-order valence-corrected chi connectivity index (χ1v) is 12.0. The number of nitrogens with one attached hydrogen (secondary N) is 2. The van der Waals surface area contributed by atoms with E-state index in [-0.39, 0.29) is 36.0 Å². The van der Waals surface area contributed by atoms with E-state index < -0.39 is 15.9 Å². The van der Waals surface area contributed by atoms with E-state index in [2.05, 4.69) is 10.6 Å². The molecule has 4 rings (SSSR count). The van der Waals surface area contributed by atoms with Crippen molar-refractivity contribution in [1.29, 1.82) is 0 Å². The normalized spacial score (nSPS) is 20.0. The largest absolute Gasteiger partial charge is 0.482 e. The lowest BCUT2D eigenvalue weighted by Gasteiger charge is -2.34. The Morgan fingerprint density at radius 3 is 2.52 bits per heavy atom. The third kappa shape index (κ3) is 4.88. The molecule has 2 aromatic rings. The van der Waals surface area contributed by atoms with Crippen LogP contribution in [-0.4, -0.2) is 56.3 Å². The molecule has 8 nitrogen and oxygen atoms in total. The molecule has 2 aliphatic heterocycles. The number of carbonyl (C=O) groups excluding carboxylic acids is 2. The summed E-state index contributed by atoms with van der Waals surface area (Å²) in [4.78, 5) is 26.8. The first-order chi connectivity index (χ1) is 14.8. The Balaban J connectivity index is 1.53. The molecule has 2 N–H and O–H groups in total. The van der Waals surface area contributed by atoms with E-state index in [0.29, 0.717) is 24.5 Å². The second-order valence-corrected chi connectivity index (χ2v) is 10.1. The minimum atomic E-state index is -3.06. The molecular formula is C22H25N3O5S. The molecule has 2 unspecified atom stereocenters. The van der Waals surface area contributed by atoms with Crippen molar-refractivity contribution in [3.63, 3.8) is 0 Å². The van der Waals surface area contributed by atoms with E-state index >= 15 is 0 Å². The van der Waals surface area contributed by atoms with Gasteiger partial charge < -0.3 is 15.4 Å². The van der Waals surface area contributed by atoms with Gasteiger partial charge in [0.2, 0.25) is 5.91 Å². The molecule has 0 aliphatic carbocycles. The van der Waals surface area contributed by atoms with Gasteiger partial charge in [0, 0.05) is 13.1 Å². The second-order valence-electron chi connectivity index (χ2n) is 7.82. The number of benzene rings is 2. The number of sulfone groups is 1. The lowest BCUT2D eigenvalue weighted by molar-refractivity contribution is -0.127. The van der Waals surface area contributed by atoms with Crippen LogP contribution in [0.5, 0.6) is 5.75 Å². The summed E-state index contributed by atoms with van der Waals surface area (Å²) >= 11 is 0. The summed E-state index contributed by atoms with van der Waals surface area (Å²) in [5, 5.41) is 5.82. The Hall–Kier alpha value is -2.91. The van der Waals surface area contributed by atoms with Crippen LogP contribution in [-0.2, 0) is 19.4 Å². The van der Waals surface area contributed by atoms with Crippen molar-refractivity contribution in [2.45, 2.75) is 19.0 Å². The summed E-state index contributed by atoms with van der Waals surface area (Å²) in [7, 11) is -3.06. The third-order valence-corrected chi connectivity index (χ3v) is 7.21. The molecule has 2 aromatic carbocycles. The lowest BCUT2D eigenvalue weighted by atomic mass is 10.0. The minimum Gasteiger partial charge on any atom is -0.482 e. The molecule has 2 aliphatic rings. The van der Waals surface area contributed by atoms with Gasteiger partial charge in [-0.25, -0.2) is 8.42 Å². The van der Waals surface area contributed by atoms with Gasteiger partial charge in [0.25, 0.3) is 5.91 Å². The summed E-state index contributed by atoms with van der Waals surface area (Å²) in [6.07, 6.45) is 0. The molecule has 9 heteroatoms. The summed E-state index contributed by atoms with van der Waals surface area (Å²) in [6, 6.07) is 13.9. The first-order valence-electron chi connectivity index (χ1n) is 10.2. The third-order valence-electron chi connectivity index (χ3n) is 5.60. The fourth-order valence-electron chi connectivity index (χ4n) is 3.89. The maximum atomic E-state index is 13.3. The zero-order valence-corrected chi connectivity index (χ0v) is 18.0. The van der Waals surface area contributed by atoms with Gasteiger partial charge in [-0.2, -0.15) is 0 Å². The predicted octanol–water partition coefficient (Wildman–Crippen LogP) is 1.67. The van der Waals surface area contributed by atoms with E-state index in [1.165, 1.54) is 0 Å². The number of hydrogen-bond donors (Lipinski definition) is 2. The van der Waals surface area contributed by atoms with Gasteiger partial charge in [0.15, 0.2) is 16.4 Å². The van der Waals surface area contributed by atoms with Gasteiger partial charge in [-0.05, 0) is 30.2 Å². The first kappa shape index (κ1) is 21.3. The van der Waals surface area contributed by atoms with Crippen LogP contribution in [0.2, 0.25) is 0 Å². The van der Waals surface area contributed by atoms with Crippen LogP contribution in [0.1, 0.15) is 30.1 Å². The van der Waals surface area contributed by atoms with Crippen molar-refractivity contribution < 1.29 is 22.7 Å². The highest BCUT2D eigenvalue weighted by Crippen LogP contribution is 2.31. The van der Waals surface area contributed by atoms with Crippen LogP contribution in [0.15, 0.2) is 48.5 Å². The molecule has 2 atom stereocenters. The van der Waals surface area contributed by atoms with Crippen molar-refractivity contribution in [2.75, 3.05) is 36.5 Å². The standard InChI is InChI=1S/C22H25N3O5S/c1-15(17-7-8-19-18(13-17)24-20(26)14-30-19)23-22(27)21(16-5-3-2-4-6-16)25-9-11-31(28,29)12-10-25/h2-8,13,15,21H,9-12,14H2,1H3,(H,23,27)(H,24,26). The van der Waals surface area contributed by atoms with Crippen LogP contribution in [0, 0.1) is 0 Å². The summed E-state index contributed by atoms with van der Waals surface area (Å²) in [6.45, 7) is 2.48. The number of nitrogens with zero attached hydrogens (tertiary/aromatic N) is 1. The highest BCUT2D eigenvalue weighted by atomic mass is 32.2. The lowest BCUT2D eigenvalue weighted by Crippen LogP contribution is -2.48. The Morgan fingerprint density at radius 2 is 1.81 bits per heavy atom. The molecule has 2 amide bonds. The summed E-state index contributed by atoms with van der Waals surface area (Å²) in [5.74, 6) is 0.271. The Kier molecular flexibility index (Phi) is 5.97. The number of amides is 2. The molecule has 0 saturated carbocycles. The number of hydrogen-bond acceptors (Lipinski definition) is 6. The van der Waals surface area contributed by atoms with Gasteiger partial charge in [0.05, 0.1) is 23.2 Å². The van der Waals surface area contributed by atoms with Crippen molar-refractivity contribution in [1.82, 2.24) is 10.2 Å². The number of anilines is 1. The van der Waals surface area contributed by atoms with E-state index in [1.807, 2.05) is 48.2 Å². The topological polar surface area (TPSA) is 105 Å². The monoisotopic (exact) mass is 443 g/mol. The van der Waals surface area contributed by atoms with Gasteiger partial charge in [-0.1, -0.05) is 36.4 Å². The molecule has 0 radical (unpaired) electrons. The number of fused-ring (bicyclic) bond motifs is 1. The van der Waals surface area contributed by atoms with Crippen molar-refractivity contribution >= 4 is 27.3 Å². The predicted molar refractivity (Wildman–Crippen MR) is 117 cm³/mol. The van der Waals surface area contributed by atoms with Gasteiger partial charge >= 0.3 is 0 Å². The van der Waals surface area contributed by atoms with E-state index in [9.17, 15) is 18.0 Å². The molecule has 1 saturated heterocycles. The van der Waals surface area contributed by atoms with Gasteiger partial charge in [-0.15, -0.1) is 0 Å². The van der Waals surface area contributed by atoms with Crippen LogP contribution in [0.4, 0.5) is 5.69 Å². The Morgan fingerprint density at radius 1 is 1.10 bits per heavy atom. The smallest absolute Gasteiger partial charge is 0.262 e. The summed E-state index contributed by atoms with van der Waals surface area (Å²) in [5.41, 5.74) is 2.22. The van der Waals surface area contributed by atoms with Crippen LogP contribution < -0.4 is 15.4 Å².